The van der Waals surface area contributed by atoms with Gasteiger partial charge in [-0.2, -0.15) is 0 Å². The van der Waals surface area contributed by atoms with Crippen molar-refractivity contribution in [2.45, 2.75) is 52.1 Å². The summed E-state index contributed by atoms with van der Waals surface area (Å²) in [4.78, 5) is 12.8. The third-order valence-electron chi connectivity index (χ3n) is 3.53. The maximum Gasteiger partial charge on any atom is 0.130 e. The largest absolute Gasteiger partial charge is 0.375 e. The molecule has 0 fully saturated rings. The normalized spacial score (nSPS) is 22.1. The number of amidine groups is 1. The summed E-state index contributed by atoms with van der Waals surface area (Å²) in [6.45, 7) is 7.41. The van der Waals surface area contributed by atoms with Crippen LogP contribution >= 0.6 is 0 Å². The summed E-state index contributed by atoms with van der Waals surface area (Å²) in [7, 11) is 1.86. The molecule has 5 nitrogen and oxygen atoms in total. The fraction of sp³-hybridized carbons (Fsp3) is 0.786. The van der Waals surface area contributed by atoms with Gasteiger partial charge in [0.15, 0.2) is 0 Å². The lowest BCUT2D eigenvalue weighted by Gasteiger charge is -2.17. The van der Waals surface area contributed by atoms with Gasteiger partial charge in [-0.1, -0.05) is 20.3 Å². The molecular weight excluding hydrogens is 238 g/mol. The molecule has 19 heavy (non-hydrogen) atoms. The molecule has 108 valence electrons. The summed E-state index contributed by atoms with van der Waals surface area (Å²) in [6.07, 6.45) is 7.08. The third kappa shape index (κ3) is 5.85. The van der Waals surface area contributed by atoms with Gasteiger partial charge in [0.25, 0.3) is 0 Å². The van der Waals surface area contributed by atoms with Gasteiger partial charge in [0.2, 0.25) is 0 Å². The van der Waals surface area contributed by atoms with E-state index in [9.17, 15) is 0 Å². The Morgan fingerprint density at radius 1 is 1.47 bits per heavy atom. The minimum absolute atomic E-state index is 0.0178. The molecule has 1 heterocycles. The quantitative estimate of drug-likeness (QED) is 0.545. The van der Waals surface area contributed by atoms with Crippen LogP contribution in [0, 0.1) is 5.92 Å². The van der Waals surface area contributed by atoms with Crippen molar-refractivity contribution >= 4 is 18.5 Å². The molecule has 0 saturated carbocycles. The molecule has 3 unspecified atom stereocenters. The monoisotopic (exact) mass is 265 g/mol. The highest BCUT2D eigenvalue weighted by atomic mass is 15.1. The van der Waals surface area contributed by atoms with E-state index in [1.807, 2.05) is 7.05 Å². The molecule has 3 atom stereocenters. The first-order chi connectivity index (χ1) is 9.17. The highest BCUT2D eigenvalue weighted by Gasteiger charge is 2.14. The van der Waals surface area contributed by atoms with Gasteiger partial charge < -0.3 is 10.6 Å². The molecule has 1 aliphatic heterocycles. The van der Waals surface area contributed by atoms with Crippen LogP contribution in [0.3, 0.4) is 0 Å². The molecule has 0 saturated heterocycles. The number of nitrogens with one attached hydrogen (secondary N) is 2. The lowest BCUT2D eigenvalue weighted by molar-refractivity contribution is 0.456. The maximum absolute atomic E-state index is 4.48. The Bertz CT molecular complexity index is 335. The van der Waals surface area contributed by atoms with Crippen molar-refractivity contribution in [3.8, 4) is 0 Å². The van der Waals surface area contributed by atoms with E-state index in [0.717, 1.165) is 11.8 Å². The van der Waals surface area contributed by atoms with Crippen LogP contribution in [0.25, 0.3) is 0 Å². The molecule has 0 aliphatic carbocycles. The number of rotatable bonds is 7. The minimum atomic E-state index is 0.0178. The van der Waals surface area contributed by atoms with Crippen molar-refractivity contribution in [2.75, 3.05) is 13.6 Å². The summed E-state index contributed by atoms with van der Waals surface area (Å²) in [5.74, 6) is 1.68. The molecule has 0 aromatic carbocycles. The highest BCUT2D eigenvalue weighted by Crippen LogP contribution is 2.10. The van der Waals surface area contributed by atoms with Crippen LogP contribution in [0.1, 0.15) is 40.0 Å². The fourth-order valence-electron chi connectivity index (χ4n) is 1.85. The van der Waals surface area contributed by atoms with E-state index in [2.05, 4.69) is 46.4 Å². The van der Waals surface area contributed by atoms with Gasteiger partial charge >= 0.3 is 0 Å². The molecule has 0 spiro atoms. The number of hydrogen-bond donors (Lipinski definition) is 2. The van der Waals surface area contributed by atoms with Gasteiger partial charge in [-0.15, -0.1) is 0 Å². The predicted octanol–water partition coefficient (Wildman–Crippen LogP) is 1.85. The predicted molar refractivity (Wildman–Crippen MR) is 83.4 cm³/mol. The first-order valence-corrected chi connectivity index (χ1v) is 7.18. The van der Waals surface area contributed by atoms with Crippen molar-refractivity contribution in [2.24, 2.45) is 20.9 Å². The molecule has 2 N–H and O–H groups in total. The Labute approximate surface area is 116 Å². The molecule has 5 heteroatoms. The summed E-state index contributed by atoms with van der Waals surface area (Å²) >= 11 is 0. The van der Waals surface area contributed by atoms with Crippen LogP contribution in [0.4, 0.5) is 0 Å². The average molecular weight is 265 g/mol. The minimum Gasteiger partial charge on any atom is -0.375 e. The Balaban J connectivity index is 2.29. The number of hydrogen-bond acceptors (Lipinski definition) is 4. The molecule has 0 aromatic heterocycles. The highest BCUT2D eigenvalue weighted by molar-refractivity contribution is 5.95. The molecule has 0 amide bonds. The van der Waals surface area contributed by atoms with Crippen molar-refractivity contribution < 1.29 is 0 Å². The van der Waals surface area contributed by atoms with Gasteiger partial charge in [0, 0.05) is 13.1 Å². The molecule has 0 aromatic rings. The van der Waals surface area contributed by atoms with Crippen molar-refractivity contribution in [3.63, 3.8) is 0 Å². The second kappa shape index (κ2) is 8.67. The number of nitrogens with zero attached hydrogens (tertiary/aromatic N) is 3. The van der Waals surface area contributed by atoms with Gasteiger partial charge in [-0.05, 0) is 25.7 Å². The summed E-state index contributed by atoms with van der Waals surface area (Å²) < 4.78 is 0. The van der Waals surface area contributed by atoms with Gasteiger partial charge in [-0.3, -0.25) is 9.98 Å². The summed E-state index contributed by atoms with van der Waals surface area (Å²) in [5.41, 5.74) is 0. The Hall–Kier alpha value is -1.39. The van der Waals surface area contributed by atoms with Crippen LogP contribution in [-0.4, -0.2) is 44.2 Å². The van der Waals surface area contributed by atoms with E-state index in [0.29, 0.717) is 12.6 Å². The zero-order chi connectivity index (χ0) is 14.1. The molecule has 0 bridgehead atoms. The summed E-state index contributed by atoms with van der Waals surface area (Å²) in [5, 5.41) is 6.38. The number of aliphatic imine (C=N–C) groups is 3. The Morgan fingerprint density at radius 3 is 2.95 bits per heavy atom. The van der Waals surface area contributed by atoms with E-state index in [-0.39, 0.29) is 6.04 Å². The molecule has 1 aliphatic rings. The summed E-state index contributed by atoms with van der Waals surface area (Å²) in [6, 6.07) is 0.476. The SMILES string of the molecule is CCC(C)CCC(C)N/C=N\C1CN=CN=C1NC. The second-order valence-electron chi connectivity index (χ2n) is 5.20. The second-order valence-corrected chi connectivity index (χ2v) is 5.20. The van der Waals surface area contributed by atoms with E-state index in [1.54, 1.807) is 12.7 Å². The zero-order valence-corrected chi connectivity index (χ0v) is 12.6. The molecular formula is C14H27N5. The topological polar surface area (TPSA) is 61.1 Å². The van der Waals surface area contributed by atoms with Gasteiger partial charge in [0.05, 0.1) is 12.9 Å². The Kier molecular flexibility index (Phi) is 7.15. The lowest BCUT2D eigenvalue weighted by Crippen LogP contribution is -2.36. The van der Waals surface area contributed by atoms with Crippen LogP contribution < -0.4 is 10.6 Å². The van der Waals surface area contributed by atoms with Crippen LogP contribution in [0.2, 0.25) is 0 Å². The van der Waals surface area contributed by atoms with E-state index in [4.69, 9.17) is 0 Å². The van der Waals surface area contributed by atoms with Crippen LogP contribution in [0.5, 0.6) is 0 Å². The number of likely N-dealkylation sites (N-methyl/N-ethyl adjacent to an activating group) is 1. The first kappa shape index (κ1) is 15.7. The van der Waals surface area contributed by atoms with Crippen LogP contribution in [-0.2, 0) is 0 Å². The maximum atomic E-state index is 4.48. The van der Waals surface area contributed by atoms with Crippen molar-refractivity contribution in [1.82, 2.24) is 10.6 Å². The smallest absolute Gasteiger partial charge is 0.130 e. The first-order valence-electron chi connectivity index (χ1n) is 7.18. The van der Waals surface area contributed by atoms with Crippen LogP contribution in [0.15, 0.2) is 15.0 Å². The van der Waals surface area contributed by atoms with Crippen molar-refractivity contribution in [3.05, 3.63) is 0 Å². The molecule has 1 rings (SSSR count). The van der Waals surface area contributed by atoms with Crippen molar-refractivity contribution in [1.29, 1.82) is 0 Å². The third-order valence-corrected chi connectivity index (χ3v) is 3.53. The standard InChI is InChI=1S/C14H27N5/c1-5-11(2)6-7-12(3)17-10-18-13-8-16-9-19-14(13)15-4/h9-13H,5-8H2,1-4H3,(H,17,18)(H,15,16,19). The average Bonchev–Trinajstić information content (AvgIpc) is 2.45. The lowest BCUT2D eigenvalue weighted by atomic mass is 10.0. The fourth-order valence-corrected chi connectivity index (χ4v) is 1.85. The van der Waals surface area contributed by atoms with E-state index < -0.39 is 0 Å². The van der Waals surface area contributed by atoms with Gasteiger partial charge in [0.1, 0.15) is 18.2 Å². The van der Waals surface area contributed by atoms with Gasteiger partial charge in [-0.25, -0.2) is 4.99 Å². The zero-order valence-electron chi connectivity index (χ0n) is 12.6. The Morgan fingerprint density at radius 2 is 2.26 bits per heavy atom. The molecule has 0 radical (unpaired) electrons. The van der Waals surface area contributed by atoms with E-state index in [1.165, 1.54) is 19.3 Å². The van der Waals surface area contributed by atoms with E-state index >= 15 is 0 Å².